The molecule has 2 aromatic heterocycles. The molecule has 0 fully saturated rings. The van der Waals surface area contributed by atoms with Gasteiger partial charge in [-0.1, -0.05) is 0 Å². The van der Waals surface area contributed by atoms with E-state index in [1.807, 2.05) is 30.3 Å². The number of oxazole rings is 1. The Morgan fingerprint density at radius 3 is 2.43 bits per heavy atom. The number of aromatic nitrogens is 2. The number of rotatable bonds is 6. The lowest BCUT2D eigenvalue weighted by atomic mass is 10.1. The van der Waals surface area contributed by atoms with E-state index in [0.29, 0.717) is 23.1 Å². The lowest BCUT2D eigenvalue weighted by molar-refractivity contribution is 0.412. The first-order chi connectivity index (χ1) is 14.7. The third-order valence-electron chi connectivity index (χ3n) is 4.28. The Bertz CT molecular complexity index is 1180. The third-order valence-corrected chi connectivity index (χ3v) is 4.28. The number of nitrogens with zero attached hydrogens (tertiary/aromatic N) is 3. The van der Waals surface area contributed by atoms with Crippen LogP contribution in [-0.2, 0) is 0 Å². The van der Waals surface area contributed by atoms with Gasteiger partial charge in [-0.15, -0.1) is 0 Å². The lowest BCUT2D eigenvalue weighted by Gasteiger charge is -2.12. The van der Waals surface area contributed by atoms with Crippen molar-refractivity contribution < 1.29 is 13.9 Å². The summed E-state index contributed by atoms with van der Waals surface area (Å²) in [7, 11) is 1.58. The number of hydrogen-bond acceptors (Lipinski definition) is 8. The lowest BCUT2D eigenvalue weighted by Crippen LogP contribution is -2.02. The van der Waals surface area contributed by atoms with Crippen LogP contribution in [0.1, 0.15) is 5.56 Å². The molecule has 4 rings (SSSR count). The fraction of sp³-hybridized carbons (Fsp3) is 0.0455. The van der Waals surface area contributed by atoms with E-state index in [1.54, 1.807) is 43.6 Å². The Balaban J connectivity index is 1.58. The molecule has 0 aliphatic heterocycles. The van der Waals surface area contributed by atoms with Crippen LogP contribution in [0.5, 0.6) is 17.4 Å². The highest BCUT2D eigenvalue weighted by atomic mass is 16.5. The first-order valence-electron chi connectivity index (χ1n) is 8.95. The molecule has 0 spiro atoms. The second-order valence-corrected chi connectivity index (χ2v) is 6.23. The largest absolute Gasteiger partial charge is 0.497 e. The molecule has 0 saturated carbocycles. The average Bonchev–Trinajstić information content (AvgIpc) is 3.30. The molecule has 4 aromatic rings. The van der Waals surface area contributed by atoms with Gasteiger partial charge in [0.1, 0.15) is 28.9 Å². The van der Waals surface area contributed by atoms with E-state index in [9.17, 15) is 5.26 Å². The number of nitrogens with two attached hydrogens (primary N) is 1. The van der Waals surface area contributed by atoms with Gasteiger partial charge in [0.25, 0.3) is 0 Å². The zero-order chi connectivity index (χ0) is 20.9. The molecule has 2 heterocycles. The molecule has 30 heavy (non-hydrogen) atoms. The van der Waals surface area contributed by atoms with Crippen LogP contribution in [-0.4, -0.2) is 17.1 Å². The van der Waals surface area contributed by atoms with Crippen LogP contribution in [0.15, 0.2) is 71.6 Å². The van der Waals surface area contributed by atoms with Gasteiger partial charge in [-0.25, -0.2) is 4.98 Å². The van der Waals surface area contributed by atoms with Crippen LogP contribution in [0.3, 0.4) is 0 Å². The summed E-state index contributed by atoms with van der Waals surface area (Å²) in [6.45, 7) is 0. The van der Waals surface area contributed by atoms with E-state index in [1.165, 1.54) is 6.39 Å². The van der Waals surface area contributed by atoms with Crippen LogP contribution in [0, 0.1) is 11.3 Å². The molecule has 2 aromatic carbocycles. The van der Waals surface area contributed by atoms with Crippen LogP contribution in [0.25, 0.3) is 11.3 Å². The van der Waals surface area contributed by atoms with Gasteiger partial charge < -0.3 is 24.9 Å². The Kier molecular flexibility index (Phi) is 5.17. The van der Waals surface area contributed by atoms with Crippen molar-refractivity contribution in [2.75, 3.05) is 18.2 Å². The molecule has 0 aliphatic carbocycles. The number of anilines is 3. The molecule has 148 valence electrons. The number of benzene rings is 2. The first kappa shape index (κ1) is 18.8. The van der Waals surface area contributed by atoms with Gasteiger partial charge in [-0.3, -0.25) is 0 Å². The maximum absolute atomic E-state index is 9.46. The first-order valence-corrected chi connectivity index (χ1v) is 8.95. The number of nitrogens with one attached hydrogen (secondary N) is 1. The van der Waals surface area contributed by atoms with E-state index >= 15 is 0 Å². The van der Waals surface area contributed by atoms with Crippen molar-refractivity contribution in [3.8, 4) is 34.8 Å². The van der Waals surface area contributed by atoms with E-state index in [-0.39, 0.29) is 17.1 Å². The van der Waals surface area contributed by atoms with Crippen LogP contribution in [0.4, 0.5) is 17.2 Å². The molecule has 8 nitrogen and oxygen atoms in total. The van der Waals surface area contributed by atoms with Crippen molar-refractivity contribution in [2.24, 2.45) is 0 Å². The summed E-state index contributed by atoms with van der Waals surface area (Å²) in [5, 5.41) is 12.6. The number of pyridine rings is 1. The van der Waals surface area contributed by atoms with Crippen molar-refractivity contribution in [3.63, 3.8) is 0 Å². The highest BCUT2D eigenvalue weighted by Gasteiger charge is 2.14. The maximum atomic E-state index is 9.46. The minimum atomic E-state index is 0.114. The van der Waals surface area contributed by atoms with E-state index in [0.717, 1.165) is 11.3 Å². The number of methoxy groups -OCH3 is 1. The number of hydrogen-bond donors (Lipinski definition) is 2. The zero-order valence-electron chi connectivity index (χ0n) is 16.0. The molecule has 0 aliphatic rings. The molecule has 3 N–H and O–H groups in total. The molecular weight excluding hydrogens is 382 g/mol. The minimum Gasteiger partial charge on any atom is -0.497 e. The van der Waals surface area contributed by atoms with Crippen molar-refractivity contribution in [3.05, 3.63) is 72.8 Å². The van der Waals surface area contributed by atoms with Gasteiger partial charge in [-0.05, 0) is 48.5 Å². The Morgan fingerprint density at radius 1 is 1.07 bits per heavy atom. The summed E-state index contributed by atoms with van der Waals surface area (Å²) < 4.78 is 16.2. The van der Waals surface area contributed by atoms with Crippen molar-refractivity contribution in [1.82, 2.24) is 9.97 Å². The molecular formula is C22H17N5O3. The van der Waals surface area contributed by atoms with Crippen LogP contribution >= 0.6 is 0 Å². The number of nitriles is 1. The highest BCUT2D eigenvalue weighted by molar-refractivity contribution is 5.69. The standard InChI is InChI=1S/C22H17N5O3/c1-28-16-6-8-17(9-7-16)30-22-18(11-23)19(24)10-21(27-22)26-15-4-2-14(3-5-15)20-12-25-13-29-20/h2-10,12-13H,1H3,(H3,24,26,27). The summed E-state index contributed by atoms with van der Waals surface area (Å²) in [4.78, 5) is 8.33. The van der Waals surface area contributed by atoms with E-state index in [2.05, 4.69) is 15.3 Å². The van der Waals surface area contributed by atoms with Gasteiger partial charge in [0.05, 0.1) is 19.0 Å². The Hall–Kier alpha value is -4.51. The molecule has 0 amide bonds. The quantitative estimate of drug-likeness (QED) is 0.477. The topological polar surface area (TPSA) is 119 Å². The zero-order valence-corrected chi connectivity index (χ0v) is 16.0. The summed E-state index contributed by atoms with van der Waals surface area (Å²) in [5.41, 5.74) is 8.16. The van der Waals surface area contributed by atoms with Crippen molar-refractivity contribution in [2.45, 2.75) is 0 Å². The molecule has 0 atom stereocenters. The monoisotopic (exact) mass is 399 g/mol. The van der Waals surface area contributed by atoms with Gasteiger partial charge in [0, 0.05) is 17.3 Å². The highest BCUT2D eigenvalue weighted by Crippen LogP contribution is 2.31. The predicted molar refractivity (Wildman–Crippen MR) is 112 cm³/mol. The van der Waals surface area contributed by atoms with Crippen LogP contribution in [0.2, 0.25) is 0 Å². The van der Waals surface area contributed by atoms with Crippen LogP contribution < -0.4 is 20.5 Å². The van der Waals surface area contributed by atoms with Gasteiger partial charge in [-0.2, -0.15) is 10.2 Å². The van der Waals surface area contributed by atoms with Gasteiger partial charge in [0.15, 0.2) is 12.2 Å². The number of ether oxygens (including phenoxy) is 2. The SMILES string of the molecule is COc1ccc(Oc2nc(Nc3ccc(-c4cnco4)cc3)cc(N)c2C#N)cc1. The summed E-state index contributed by atoms with van der Waals surface area (Å²) in [6, 6.07) is 18.1. The fourth-order valence-corrected chi connectivity index (χ4v) is 2.77. The fourth-order valence-electron chi connectivity index (χ4n) is 2.77. The number of nitrogen functional groups attached to an aromatic ring is 1. The normalized spacial score (nSPS) is 10.3. The van der Waals surface area contributed by atoms with E-state index < -0.39 is 0 Å². The molecule has 8 heteroatoms. The summed E-state index contributed by atoms with van der Waals surface area (Å²) in [5.74, 6) is 2.44. The molecule has 0 unspecified atom stereocenters. The third kappa shape index (κ3) is 4.00. The summed E-state index contributed by atoms with van der Waals surface area (Å²) >= 11 is 0. The van der Waals surface area contributed by atoms with Crippen molar-refractivity contribution in [1.29, 1.82) is 5.26 Å². The molecule has 0 bridgehead atoms. The Labute approximate surface area is 172 Å². The molecule has 0 radical (unpaired) electrons. The van der Waals surface area contributed by atoms with Gasteiger partial charge in [0.2, 0.25) is 5.88 Å². The predicted octanol–water partition coefficient (Wildman–Crippen LogP) is 4.73. The smallest absolute Gasteiger partial charge is 0.241 e. The van der Waals surface area contributed by atoms with Gasteiger partial charge >= 0.3 is 0 Å². The summed E-state index contributed by atoms with van der Waals surface area (Å²) in [6.07, 6.45) is 3.03. The van der Waals surface area contributed by atoms with E-state index in [4.69, 9.17) is 19.6 Å². The Morgan fingerprint density at radius 2 is 1.80 bits per heavy atom. The minimum absolute atomic E-state index is 0.114. The maximum Gasteiger partial charge on any atom is 0.241 e. The van der Waals surface area contributed by atoms with Crippen molar-refractivity contribution >= 4 is 17.2 Å². The molecule has 0 saturated heterocycles. The average molecular weight is 399 g/mol. The second kappa shape index (κ2) is 8.24. The second-order valence-electron chi connectivity index (χ2n) is 6.23.